The van der Waals surface area contributed by atoms with Crippen LogP contribution in [0.2, 0.25) is 0 Å². The second kappa shape index (κ2) is 7.62. The van der Waals surface area contributed by atoms with Crippen LogP contribution in [0.1, 0.15) is 12.5 Å². The normalized spacial score (nSPS) is 11.4. The Morgan fingerprint density at radius 3 is 2.76 bits per heavy atom. The molecule has 0 radical (unpaired) electrons. The van der Waals surface area contributed by atoms with Gasteiger partial charge in [0.25, 0.3) is 15.7 Å². The molecule has 2 N–H and O–H groups in total. The summed E-state index contributed by atoms with van der Waals surface area (Å²) < 4.78 is 29.4. The van der Waals surface area contributed by atoms with Crippen molar-refractivity contribution in [2.75, 3.05) is 6.61 Å². The van der Waals surface area contributed by atoms with Crippen LogP contribution in [0.25, 0.3) is 0 Å². The molecule has 2 aromatic carbocycles. The van der Waals surface area contributed by atoms with Crippen LogP contribution in [-0.4, -0.2) is 31.3 Å². The van der Waals surface area contributed by atoms with Gasteiger partial charge in [-0.2, -0.15) is 13.5 Å². The average Bonchev–Trinajstić information content (AvgIpc) is 2.58. The number of phenols is 1. The first-order valence-electron chi connectivity index (χ1n) is 7.08. The summed E-state index contributed by atoms with van der Waals surface area (Å²) in [5, 5.41) is 23.9. The minimum atomic E-state index is -4.05. The molecule has 0 saturated carbocycles. The van der Waals surface area contributed by atoms with Gasteiger partial charge in [-0.3, -0.25) is 10.1 Å². The summed E-state index contributed by atoms with van der Waals surface area (Å²) in [6, 6.07) is 9.01. The monoisotopic (exact) mass is 365 g/mol. The van der Waals surface area contributed by atoms with Crippen molar-refractivity contribution in [3.63, 3.8) is 0 Å². The Hall–Kier alpha value is -3.14. The zero-order valence-corrected chi connectivity index (χ0v) is 13.9. The lowest BCUT2D eigenvalue weighted by Crippen LogP contribution is -2.18. The van der Waals surface area contributed by atoms with E-state index in [0.717, 1.165) is 6.07 Å². The fraction of sp³-hybridized carbons (Fsp3) is 0.133. The van der Waals surface area contributed by atoms with E-state index in [4.69, 9.17) is 4.74 Å². The number of non-ortho nitro benzene ring substituents is 1. The van der Waals surface area contributed by atoms with Gasteiger partial charge < -0.3 is 9.84 Å². The van der Waals surface area contributed by atoms with Crippen LogP contribution in [0.4, 0.5) is 5.69 Å². The maximum Gasteiger partial charge on any atom is 0.276 e. The second-order valence-electron chi connectivity index (χ2n) is 4.77. The second-order valence-corrected chi connectivity index (χ2v) is 6.43. The van der Waals surface area contributed by atoms with Crippen LogP contribution >= 0.6 is 0 Å². The molecule has 0 spiro atoms. The van der Waals surface area contributed by atoms with Crippen LogP contribution in [0.15, 0.2) is 52.5 Å². The summed E-state index contributed by atoms with van der Waals surface area (Å²) in [5.41, 5.74) is 0.148. The molecule has 0 aliphatic carbocycles. The summed E-state index contributed by atoms with van der Waals surface area (Å²) >= 11 is 0. The van der Waals surface area contributed by atoms with Crippen molar-refractivity contribution < 1.29 is 23.2 Å². The van der Waals surface area contributed by atoms with Crippen molar-refractivity contribution in [1.82, 2.24) is 4.83 Å². The van der Waals surface area contributed by atoms with Gasteiger partial charge in [0.1, 0.15) is 0 Å². The zero-order valence-electron chi connectivity index (χ0n) is 13.1. The number of nitrogens with zero attached hydrogens (tertiary/aromatic N) is 2. The number of aromatic hydroxyl groups is 1. The van der Waals surface area contributed by atoms with Crippen molar-refractivity contribution >= 4 is 21.9 Å². The molecule has 10 heteroatoms. The van der Waals surface area contributed by atoms with Crippen LogP contribution in [-0.2, 0) is 10.0 Å². The fourth-order valence-corrected chi connectivity index (χ4v) is 2.70. The van der Waals surface area contributed by atoms with Gasteiger partial charge in [-0.05, 0) is 36.8 Å². The third-order valence-electron chi connectivity index (χ3n) is 3.01. The first-order valence-corrected chi connectivity index (χ1v) is 8.57. The number of nitro groups is 1. The van der Waals surface area contributed by atoms with Crippen LogP contribution in [0, 0.1) is 10.1 Å². The Bertz CT molecular complexity index is 911. The maximum absolute atomic E-state index is 12.1. The van der Waals surface area contributed by atoms with E-state index in [-0.39, 0.29) is 22.1 Å². The highest BCUT2D eigenvalue weighted by Crippen LogP contribution is 2.26. The lowest BCUT2D eigenvalue weighted by atomic mass is 10.2. The third kappa shape index (κ3) is 4.67. The Kier molecular flexibility index (Phi) is 5.55. The van der Waals surface area contributed by atoms with E-state index in [2.05, 4.69) is 5.10 Å². The average molecular weight is 365 g/mol. The predicted molar refractivity (Wildman–Crippen MR) is 90.3 cm³/mol. The molecule has 0 amide bonds. The Balaban J connectivity index is 2.17. The fourth-order valence-electron chi connectivity index (χ4n) is 1.87. The number of rotatable bonds is 7. The van der Waals surface area contributed by atoms with E-state index >= 15 is 0 Å². The summed E-state index contributed by atoms with van der Waals surface area (Å²) in [5.74, 6) is 0.198. The summed E-state index contributed by atoms with van der Waals surface area (Å²) in [4.78, 5) is 11.7. The minimum Gasteiger partial charge on any atom is -0.504 e. The van der Waals surface area contributed by atoms with E-state index < -0.39 is 14.9 Å². The van der Waals surface area contributed by atoms with E-state index in [1.165, 1.54) is 42.6 Å². The van der Waals surface area contributed by atoms with Crippen molar-refractivity contribution in [3.8, 4) is 11.5 Å². The number of phenolic OH excluding ortho intramolecular Hbond substituents is 1. The molecule has 132 valence electrons. The molecule has 2 rings (SSSR count). The molecule has 0 aromatic heterocycles. The largest absolute Gasteiger partial charge is 0.504 e. The molecule has 9 nitrogen and oxygen atoms in total. The SMILES string of the molecule is CCOc1cc(/C=N/NS(=O)(=O)c2cccc([N+](=O)[O-])c2)ccc1O. The molecule has 0 saturated heterocycles. The highest BCUT2D eigenvalue weighted by molar-refractivity contribution is 7.89. The van der Waals surface area contributed by atoms with Crippen molar-refractivity contribution in [1.29, 1.82) is 0 Å². The van der Waals surface area contributed by atoms with Gasteiger partial charge in [0.05, 0.1) is 22.6 Å². The number of hydrogen-bond donors (Lipinski definition) is 2. The Morgan fingerprint density at radius 1 is 1.32 bits per heavy atom. The molecule has 0 atom stereocenters. The number of benzene rings is 2. The number of ether oxygens (including phenoxy) is 1. The first-order chi connectivity index (χ1) is 11.8. The lowest BCUT2D eigenvalue weighted by molar-refractivity contribution is -0.385. The standard InChI is InChI=1S/C15H15N3O6S/c1-2-24-15-8-11(6-7-14(15)19)10-16-17-25(22,23)13-5-3-4-12(9-13)18(20)21/h3-10,17,19H,2H2,1H3/b16-10+. The molecule has 0 heterocycles. The number of nitro benzene ring substituents is 1. The van der Waals surface area contributed by atoms with Crippen LogP contribution in [0.3, 0.4) is 0 Å². The topological polar surface area (TPSA) is 131 Å². The highest BCUT2D eigenvalue weighted by atomic mass is 32.2. The summed E-state index contributed by atoms with van der Waals surface area (Å²) in [6.45, 7) is 2.11. The van der Waals surface area contributed by atoms with Gasteiger partial charge in [-0.15, -0.1) is 0 Å². The molecule has 0 aliphatic heterocycles. The molecule has 0 bridgehead atoms. The number of hydrogen-bond acceptors (Lipinski definition) is 7. The van der Waals surface area contributed by atoms with Gasteiger partial charge in [-0.25, -0.2) is 4.83 Å². The molecule has 0 fully saturated rings. The maximum atomic E-state index is 12.1. The van der Waals surface area contributed by atoms with Crippen molar-refractivity contribution in [2.24, 2.45) is 5.10 Å². The first kappa shape index (κ1) is 18.2. The van der Waals surface area contributed by atoms with Gasteiger partial charge >= 0.3 is 0 Å². The van der Waals surface area contributed by atoms with E-state index in [0.29, 0.717) is 12.2 Å². The van der Waals surface area contributed by atoms with Gasteiger partial charge in [0.2, 0.25) is 0 Å². The van der Waals surface area contributed by atoms with Crippen molar-refractivity contribution in [3.05, 3.63) is 58.1 Å². The van der Waals surface area contributed by atoms with Crippen molar-refractivity contribution in [2.45, 2.75) is 11.8 Å². The molecule has 0 unspecified atom stereocenters. The molecular weight excluding hydrogens is 350 g/mol. The van der Waals surface area contributed by atoms with Gasteiger partial charge in [0, 0.05) is 12.1 Å². The Labute approximate surface area is 143 Å². The zero-order chi connectivity index (χ0) is 18.4. The molecule has 2 aromatic rings. The van der Waals surface area contributed by atoms with Crippen LogP contribution in [0.5, 0.6) is 11.5 Å². The number of hydrazone groups is 1. The summed E-state index contributed by atoms with van der Waals surface area (Å²) in [7, 11) is -4.05. The summed E-state index contributed by atoms with van der Waals surface area (Å²) in [6.07, 6.45) is 1.22. The van der Waals surface area contributed by atoms with Gasteiger partial charge in [-0.1, -0.05) is 6.07 Å². The minimum absolute atomic E-state index is 0.0452. The predicted octanol–water partition coefficient (Wildman–Crippen LogP) is 2.01. The third-order valence-corrected chi connectivity index (χ3v) is 4.23. The quantitative estimate of drug-likeness (QED) is 0.438. The molecule has 0 aliphatic rings. The van der Waals surface area contributed by atoms with E-state index in [1.54, 1.807) is 6.92 Å². The van der Waals surface area contributed by atoms with Gasteiger partial charge in [0.15, 0.2) is 11.5 Å². The lowest BCUT2D eigenvalue weighted by Gasteiger charge is -2.06. The molecule has 25 heavy (non-hydrogen) atoms. The number of nitrogens with one attached hydrogen (secondary N) is 1. The van der Waals surface area contributed by atoms with Crippen LogP contribution < -0.4 is 9.57 Å². The van der Waals surface area contributed by atoms with E-state index in [9.17, 15) is 23.6 Å². The highest BCUT2D eigenvalue weighted by Gasteiger charge is 2.16. The Morgan fingerprint density at radius 2 is 2.08 bits per heavy atom. The number of sulfonamides is 1. The molecular formula is C15H15N3O6S. The van der Waals surface area contributed by atoms with E-state index in [1.807, 2.05) is 4.83 Å². The smallest absolute Gasteiger partial charge is 0.276 e.